The molecule has 0 radical (unpaired) electrons. The van der Waals surface area contributed by atoms with Crippen molar-refractivity contribution in [3.63, 3.8) is 0 Å². The van der Waals surface area contributed by atoms with Crippen molar-refractivity contribution in [2.75, 3.05) is 32.2 Å². The van der Waals surface area contributed by atoms with Crippen LogP contribution in [0.3, 0.4) is 0 Å². The van der Waals surface area contributed by atoms with Gasteiger partial charge in [0.25, 0.3) is 5.91 Å². The number of nitrogens with zero attached hydrogens (tertiary/aromatic N) is 2. The van der Waals surface area contributed by atoms with Crippen molar-refractivity contribution < 1.29 is 24.2 Å². The summed E-state index contributed by atoms with van der Waals surface area (Å²) in [6.07, 6.45) is -0.104. The molecule has 174 valence electrons. The number of anilines is 1. The number of benzene rings is 2. The van der Waals surface area contributed by atoms with Crippen molar-refractivity contribution in [1.82, 2.24) is 10.3 Å². The number of thiazole rings is 1. The van der Waals surface area contributed by atoms with Gasteiger partial charge in [-0.25, -0.2) is 4.98 Å². The van der Waals surface area contributed by atoms with E-state index in [1.165, 1.54) is 0 Å². The molecule has 1 heterocycles. The molecule has 0 bridgehead atoms. The fraction of sp³-hybridized carbons (Fsp3) is 0.292. The molecule has 2 N–H and O–H groups in total. The molecule has 1 amide bonds. The van der Waals surface area contributed by atoms with Gasteiger partial charge in [-0.05, 0) is 42.8 Å². The van der Waals surface area contributed by atoms with Crippen LogP contribution in [0.2, 0.25) is 0 Å². The molecule has 0 saturated heterocycles. The summed E-state index contributed by atoms with van der Waals surface area (Å²) in [4.78, 5) is 29.7. The number of nitrogens with one attached hydrogen (secondary N) is 1. The zero-order valence-electron chi connectivity index (χ0n) is 18.8. The number of hydrogen-bond donors (Lipinski definition) is 2. The molecule has 8 nitrogen and oxygen atoms in total. The lowest BCUT2D eigenvalue weighted by Gasteiger charge is -2.20. The molecule has 33 heavy (non-hydrogen) atoms. The standard InChI is InChI=1S/C24H27N3O5S/c1-4-27(14-16-5-7-17(8-6-16)23(30)25-12-11-22(28)29)24-26-20(15-33-24)19-13-18(31-2)9-10-21(19)32-3/h5-10,13,15H,4,11-12,14H2,1-3H3,(H,25,30)(H,28,29). The van der Waals surface area contributed by atoms with Gasteiger partial charge in [-0.3, -0.25) is 9.59 Å². The molecule has 0 atom stereocenters. The molecule has 0 aliphatic rings. The number of carboxylic acid groups (broad SMARTS) is 1. The molecule has 0 saturated carbocycles. The van der Waals surface area contributed by atoms with Gasteiger partial charge in [0, 0.05) is 36.1 Å². The van der Waals surface area contributed by atoms with E-state index in [1.54, 1.807) is 37.7 Å². The lowest BCUT2D eigenvalue weighted by atomic mass is 10.1. The van der Waals surface area contributed by atoms with Gasteiger partial charge in [-0.2, -0.15) is 0 Å². The minimum absolute atomic E-state index is 0.101. The lowest BCUT2D eigenvalue weighted by molar-refractivity contribution is -0.136. The van der Waals surface area contributed by atoms with Gasteiger partial charge >= 0.3 is 5.97 Å². The van der Waals surface area contributed by atoms with Gasteiger partial charge in [0.1, 0.15) is 11.5 Å². The van der Waals surface area contributed by atoms with E-state index in [0.717, 1.165) is 40.0 Å². The van der Waals surface area contributed by atoms with Crippen LogP contribution >= 0.6 is 11.3 Å². The summed E-state index contributed by atoms with van der Waals surface area (Å²) in [6, 6.07) is 12.9. The number of hydrogen-bond acceptors (Lipinski definition) is 7. The van der Waals surface area contributed by atoms with Crippen molar-refractivity contribution in [3.05, 3.63) is 59.0 Å². The number of carbonyl (C=O) groups excluding carboxylic acids is 1. The van der Waals surface area contributed by atoms with E-state index in [2.05, 4.69) is 17.1 Å². The van der Waals surface area contributed by atoms with E-state index in [0.29, 0.717) is 12.1 Å². The Morgan fingerprint density at radius 1 is 1.12 bits per heavy atom. The maximum atomic E-state index is 12.1. The highest BCUT2D eigenvalue weighted by molar-refractivity contribution is 7.14. The van der Waals surface area contributed by atoms with Crippen LogP contribution in [0, 0.1) is 0 Å². The highest BCUT2D eigenvalue weighted by Gasteiger charge is 2.15. The first-order valence-electron chi connectivity index (χ1n) is 10.5. The first kappa shape index (κ1) is 24.1. The monoisotopic (exact) mass is 469 g/mol. The van der Waals surface area contributed by atoms with Crippen LogP contribution in [0.5, 0.6) is 11.5 Å². The van der Waals surface area contributed by atoms with Crippen LogP contribution in [0.25, 0.3) is 11.3 Å². The predicted molar refractivity (Wildman–Crippen MR) is 128 cm³/mol. The first-order valence-corrected chi connectivity index (χ1v) is 11.3. The zero-order chi connectivity index (χ0) is 23.8. The van der Waals surface area contributed by atoms with Gasteiger partial charge in [0.2, 0.25) is 0 Å². The zero-order valence-corrected chi connectivity index (χ0v) is 19.6. The van der Waals surface area contributed by atoms with Crippen molar-refractivity contribution >= 4 is 28.3 Å². The summed E-state index contributed by atoms with van der Waals surface area (Å²) in [5, 5.41) is 14.2. The second-order valence-electron chi connectivity index (χ2n) is 7.19. The van der Waals surface area contributed by atoms with Crippen LogP contribution in [-0.4, -0.2) is 49.3 Å². The molecule has 2 aromatic carbocycles. The van der Waals surface area contributed by atoms with Crippen LogP contribution < -0.4 is 19.7 Å². The van der Waals surface area contributed by atoms with Crippen molar-refractivity contribution in [3.8, 4) is 22.8 Å². The Kier molecular flexibility index (Phi) is 8.26. The normalized spacial score (nSPS) is 10.5. The molecule has 0 fully saturated rings. The topological polar surface area (TPSA) is 101 Å². The van der Waals surface area contributed by atoms with E-state index in [4.69, 9.17) is 19.6 Å². The Morgan fingerprint density at radius 3 is 2.52 bits per heavy atom. The van der Waals surface area contributed by atoms with E-state index in [9.17, 15) is 9.59 Å². The summed E-state index contributed by atoms with van der Waals surface area (Å²) in [6.45, 7) is 3.57. The van der Waals surface area contributed by atoms with E-state index >= 15 is 0 Å². The van der Waals surface area contributed by atoms with Crippen LogP contribution in [0.15, 0.2) is 47.8 Å². The average Bonchev–Trinajstić information content (AvgIpc) is 3.32. The summed E-state index contributed by atoms with van der Waals surface area (Å²) < 4.78 is 10.8. The minimum Gasteiger partial charge on any atom is -0.497 e. The molecule has 1 aromatic heterocycles. The smallest absolute Gasteiger partial charge is 0.305 e. The molecule has 0 unspecified atom stereocenters. The number of ether oxygens (including phenoxy) is 2. The summed E-state index contributed by atoms with van der Waals surface area (Å²) in [5.41, 5.74) is 3.22. The summed E-state index contributed by atoms with van der Waals surface area (Å²) in [7, 11) is 3.26. The third-order valence-corrected chi connectivity index (χ3v) is 5.94. The second kappa shape index (κ2) is 11.3. The molecular formula is C24H27N3O5S. The maximum Gasteiger partial charge on any atom is 0.305 e. The quantitative estimate of drug-likeness (QED) is 0.437. The Bertz CT molecular complexity index is 1100. The van der Waals surface area contributed by atoms with Gasteiger partial charge in [-0.15, -0.1) is 11.3 Å². The third-order valence-electron chi connectivity index (χ3n) is 5.04. The Labute approximate surface area is 196 Å². The van der Waals surface area contributed by atoms with Gasteiger partial charge in [0.15, 0.2) is 5.13 Å². The van der Waals surface area contributed by atoms with Crippen LogP contribution in [0.1, 0.15) is 29.3 Å². The van der Waals surface area contributed by atoms with E-state index < -0.39 is 5.97 Å². The fourth-order valence-electron chi connectivity index (χ4n) is 3.23. The van der Waals surface area contributed by atoms with E-state index in [-0.39, 0.29) is 18.9 Å². The number of aromatic nitrogens is 1. The number of rotatable bonds is 11. The highest BCUT2D eigenvalue weighted by atomic mass is 32.1. The van der Waals surface area contributed by atoms with Crippen LogP contribution in [0.4, 0.5) is 5.13 Å². The van der Waals surface area contributed by atoms with Gasteiger partial charge in [-0.1, -0.05) is 12.1 Å². The maximum absolute atomic E-state index is 12.1. The molecule has 3 rings (SSSR count). The molecule has 9 heteroatoms. The average molecular weight is 470 g/mol. The van der Waals surface area contributed by atoms with Crippen molar-refractivity contribution in [2.24, 2.45) is 0 Å². The van der Waals surface area contributed by atoms with Gasteiger partial charge < -0.3 is 24.8 Å². The number of carbonyl (C=O) groups is 2. The minimum atomic E-state index is -0.944. The molecule has 0 spiro atoms. The summed E-state index contributed by atoms with van der Waals surface area (Å²) in [5.74, 6) is 0.236. The Balaban J connectivity index is 1.70. The number of carboxylic acids is 1. The predicted octanol–water partition coefficient (Wildman–Crippen LogP) is 4.06. The highest BCUT2D eigenvalue weighted by Crippen LogP contribution is 2.36. The number of methoxy groups -OCH3 is 2. The molecule has 0 aliphatic heterocycles. The summed E-state index contributed by atoms with van der Waals surface area (Å²) >= 11 is 1.55. The number of aliphatic carboxylic acids is 1. The van der Waals surface area contributed by atoms with Crippen molar-refractivity contribution in [1.29, 1.82) is 0 Å². The van der Waals surface area contributed by atoms with Crippen LogP contribution in [-0.2, 0) is 11.3 Å². The number of amides is 1. The Hall–Kier alpha value is -3.59. The largest absolute Gasteiger partial charge is 0.497 e. The Morgan fingerprint density at radius 2 is 1.88 bits per heavy atom. The second-order valence-corrected chi connectivity index (χ2v) is 8.03. The van der Waals surface area contributed by atoms with Crippen molar-refractivity contribution in [2.45, 2.75) is 19.9 Å². The third kappa shape index (κ3) is 6.23. The molecular weight excluding hydrogens is 442 g/mol. The van der Waals surface area contributed by atoms with Gasteiger partial charge in [0.05, 0.1) is 26.3 Å². The first-order chi connectivity index (χ1) is 15.9. The van der Waals surface area contributed by atoms with E-state index in [1.807, 2.05) is 35.7 Å². The molecule has 3 aromatic rings. The lowest BCUT2D eigenvalue weighted by Crippen LogP contribution is -2.26. The fourth-order valence-corrected chi connectivity index (χ4v) is 4.12. The molecule has 0 aliphatic carbocycles. The SMILES string of the molecule is CCN(Cc1ccc(C(=O)NCCC(=O)O)cc1)c1nc(-c2cc(OC)ccc2OC)cs1.